The third-order valence-corrected chi connectivity index (χ3v) is 4.80. The number of rotatable bonds is 2. The zero-order valence-corrected chi connectivity index (χ0v) is 15.7. The third-order valence-electron chi connectivity index (χ3n) is 4.80. The summed E-state index contributed by atoms with van der Waals surface area (Å²) in [5, 5.41) is 19.0. The number of aryl methyl sites for hydroxylation is 4. The van der Waals surface area contributed by atoms with Gasteiger partial charge in [0.2, 0.25) is 0 Å². The monoisotopic (exact) mass is 346 g/mol. The molecule has 0 bridgehead atoms. The summed E-state index contributed by atoms with van der Waals surface area (Å²) in [6.07, 6.45) is 0. The molecule has 0 radical (unpaired) electrons. The fourth-order valence-corrected chi connectivity index (χ4v) is 3.58. The lowest BCUT2D eigenvalue weighted by atomic mass is 10.1. The van der Waals surface area contributed by atoms with E-state index in [4.69, 9.17) is 0 Å². The van der Waals surface area contributed by atoms with Gasteiger partial charge in [-0.2, -0.15) is 10.5 Å². The van der Waals surface area contributed by atoms with Crippen LogP contribution in [-0.4, -0.2) is 36.1 Å². The van der Waals surface area contributed by atoms with Crippen molar-refractivity contribution in [1.29, 1.82) is 10.5 Å². The lowest BCUT2D eigenvalue weighted by Crippen LogP contribution is -2.47. The molecule has 2 aromatic rings. The highest BCUT2D eigenvalue weighted by Crippen LogP contribution is 2.28. The van der Waals surface area contributed by atoms with Crippen LogP contribution in [0.3, 0.4) is 0 Å². The lowest BCUT2D eigenvalue weighted by Gasteiger charge is -2.38. The van der Waals surface area contributed by atoms with Crippen molar-refractivity contribution < 1.29 is 0 Å². The van der Waals surface area contributed by atoms with Crippen LogP contribution in [0, 0.1) is 50.4 Å². The van der Waals surface area contributed by atoms with Gasteiger partial charge in [0, 0.05) is 37.6 Å². The van der Waals surface area contributed by atoms with Crippen LogP contribution in [0.2, 0.25) is 0 Å². The van der Waals surface area contributed by atoms with Gasteiger partial charge in [-0.05, 0) is 39.8 Å². The smallest absolute Gasteiger partial charge is 0.103 e. The van der Waals surface area contributed by atoms with Gasteiger partial charge < -0.3 is 9.80 Å². The molecule has 3 heterocycles. The molecule has 1 saturated heterocycles. The molecule has 132 valence electrons. The maximum Gasteiger partial charge on any atom is 0.103 e. The van der Waals surface area contributed by atoms with Crippen LogP contribution in [0.15, 0.2) is 12.1 Å². The van der Waals surface area contributed by atoms with E-state index in [1.807, 2.05) is 39.8 Å². The number of nitriles is 2. The molecule has 0 aromatic carbocycles. The normalized spacial score (nSPS) is 14.1. The Morgan fingerprint density at radius 3 is 1.38 bits per heavy atom. The Balaban J connectivity index is 1.86. The molecule has 0 saturated carbocycles. The van der Waals surface area contributed by atoms with Gasteiger partial charge in [-0.25, -0.2) is 0 Å². The number of pyridine rings is 2. The zero-order chi connectivity index (χ0) is 18.8. The molecule has 0 atom stereocenters. The van der Waals surface area contributed by atoms with E-state index in [1.165, 1.54) is 0 Å². The van der Waals surface area contributed by atoms with Crippen LogP contribution >= 0.6 is 0 Å². The van der Waals surface area contributed by atoms with Crippen molar-refractivity contribution in [3.05, 3.63) is 46.0 Å². The molecule has 26 heavy (non-hydrogen) atoms. The molecule has 6 nitrogen and oxygen atoms in total. The van der Waals surface area contributed by atoms with Crippen molar-refractivity contribution in [2.45, 2.75) is 27.7 Å². The van der Waals surface area contributed by atoms with Crippen LogP contribution in [-0.2, 0) is 0 Å². The largest absolute Gasteiger partial charge is 0.367 e. The molecule has 1 aliphatic rings. The van der Waals surface area contributed by atoms with Crippen molar-refractivity contribution in [3.8, 4) is 12.1 Å². The summed E-state index contributed by atoms with van der Waals surface area (Å²) in [6, 6.07) is 8.57. The summed E-state index contributed by atoms with van der Waals surface area (Å²) in [5.41, 5.74) is 6.61. The minimum Gasteiger partial charge on any atom is -0.367 e. The minimum atomic E-state index is 0.650. The first-order valence-electron chi connectivity index (χ1n) is 8.71. The number of hydrogen-bond acceptors (Lipinski definition) is 6. The fraction of sp³-hybridized carbons (Fsp3) is 0.400. The van der Waals surface area contributed by atoms with E-state index in [-0.39, 0.29) is 0 Å². The van der Waals surface area contributed by atoms with E-state index in [2.05, 4.69) is 31.9 Å². The maximum absolute atomic E-state index is 9.51. The Morgan fingerprint density at radius 2 is 1.08 bits per heavy atom. The topological polar surface area (TPSA) is 79.8 Å². The summed E-state index contributed by atoms with van der Waals surface area (Å²) in [7, 11) is 0. The van der Waals surface area contributed by atoms with E-state index in [0.717, 1.165) is 60.3 Å². The Labute approximate surface area is 154 Å². The van der Waals surface area contributed by atoms with Crippen molar-refractivity contribution in [2.24, 2.45) is 0 Å². The SMILES string of the molecule is Cc1cc(N2CCN(c3cc(C)nc(C)c3C#N)CC2)c(C#N)c(C)n1. The number of anilines is 2. The number of nitrogens with zero attached hydrogens (tertiary/aromatic N) is 6. The van der Waals surface area contributed by atoms with Gasteiger partial charge in [0.25, 0.3) is 0 Å². The predicted molar refractivity (Wildman–Crippen MR) is 101 cm³/mol. The van der Waals surface area contributed by atoms with Gasteiger partial charge in [0.1, 0.15) is 12.1 Å². The van der Waals surface area contributed by atoms with Gasteiger partial charge in [-0.15, -0.1) is 0 Å². The Kier molecular flexibility index (Phi) is 4.77. The van der Waals surface area contributed by atoms with Crippen LogP contribution in [0.25, 0.3) is 0 Å². The van der Waals surface area contributed by atoms with E-state index in [9.17, 15) is 10.5 Å². The lowest BCUT2D eigenvalue weighted by molar-refractivity contribution is 0.651. The molecule has 0 aliphatic carbocycles. The van der Waals surface area contributed by atoms with E-state index in [1.54, 1.807) is 0 Å². The molecule has 2 aromatic heterocycles. The highest BCUT2D eigenvalue weighted by Gasteiger charge is 2.23. The van der Waals surface area contributed by atoms with Crippen LogP contribution in [0.4, 0.5) is 11.4 Å². The molecule has 3 rings (SSSR count). The van der Waals surface area contributed by atoms with Gasteiger partial charge in [-0.3, -0.25) is 9.97 Å². The number of aromatic nitrogens is 2. The summed E-state index contributed by atoms with van der Waals surface area (Å²) < 4.78 is 0. The molecular weight excluding hydrogens is 324 g/mol. The Morgan fingerprint density at radius 1 is 0.731 bits per heavy atom. The predicted octanol–water partition coefficient (Wildman–Crippen LogP) is 2.78. The second-order valence-electron chi connectivity index (χ2n) is 6.68. The van der Waals surface area contributed by atoms with E-state index in [0.29, 0.717) is 11.1 Å². The van der Waals surface area contributed by atoms with Gasteiger partial charge in [0.05, 0.1) is 33.9 Å². The van der Waals surface area contributed by atoms with Crippen LogP contribution in [0.5, 0.6) is 0 Å². The highest BCUT2D eigenvalue weighted by atomic mass is 15.3. The maximum atomic E-state index is 9.51. The molecular formula is C20H22N6. The van der Waals surface area contributed by atoms with Crippen molar-refractivity contribution in [2.75, 3.05) is 36.0 Å². The van der Waals surface area contributed by atoms with Gasteiger partial charge in [-0.1, -0.05) is 0 Å². The quantitative estimate of drug-likeness (QED) is 0.832. The first kappa shape index (κ1) is 17.7. The standard InChI is InChI=1S/C20H22N6/c1-13-9-19(17(11-21)15(3)23-13)25-5-7-26(8-6-25)20-10-14(2)24-16(4)18(20)12-22/h9-10H,5-8H2,1-4H3. The molecule has 0 spiro atoms. The second kappa shape index (κ2) is 7.01. The molecule has 0 unspecified atom stereocenters. The molecule has 1 aliphatic heterocycles. The molecule has 1 fully saturated rings. The van der Waals surface area contributed by atoms with Crippen molar-refractivity contribution in [1.82, 2.24) is 9.97 Å². The van der Waals surface area contributed by atoms with Crippen molar-refractivity contribution >= 4 is 11.4 Å². The first-order chi connectivity index (χ1) is 12.4. The van der Waals surface area contributed by atoms with Gasteiger partial charge >= 0.3 is 0 Å². The molecule has 0 amide bonds. The zero-order valence-electron chi connectivity index (χ0n) is 15.7. The van der Waals surface area contributed by atoms with Gasteiger partial charge in [0.15, 0.2) is 0 Å². The summed E-state index contributed by atoms with van der Waals surface area (Å²) in [4.78, 5) is 13.3. The van der Waals surface area contributed by atoms with E-state index >= 15 is 0 Å². The number of piperazine rings is 1. The number of hydrogen-bond donors (Lipinski definition) is 0. The molecule has 6 heteroatoms. The average molecular weight is 346 g/mol. The Bertz CT molecular complexity index is 849. The minimum absolute atomic E-state index is 0.650. The van der Waals surface area contributed by atoms with E-state index < -0.39 is 0 Å². The first-order valence-corrected chi connectivity index (χ1v) is 8.71. The summed E-state index contributed by atoms with van der Waals surface area (Å²) in [5.74, 6) is 0. The molecule has 0 N–H and O–H groups in total. The van der Waals surface area contributed by atoms with Crippen molar-refractivity contribution in [3.63, 3.8) is 0 Å². The average Bonchev–Trinajstić information content (AvgIpc) is 2.60. The third kappa shape index (κ3) is 3.19. The summed E-state index contributed by atoms with van der Waals surface area (Å²) in [6.45, 7) is 10.8. The Hall–Kier alpha value is -3.12. The highest BCUT2D eigenvalue weighted by molar-refractivity contribution is 5.65. The fourth-order valence-electron chi connectivity index (χ4n) is 3.58. The van der Waals surface area contributed by atoms with Crippen LogP contribution in [0.1, 0.15) is 33.9 Å². The second-order valence-corrected chi connectivity index (χ2v) is 6.68. The summed E-state index contributed by atoms with van der Waals surface area (Å²) >= 11 is 0. The van der Waals surface area contributed by atoms with Crippen LogP contribution < -0.4 is 9.80 Å².